The molecule has 0 unspecified atom stereocenters. The summed E-state index contributed by atoms with van der Waals surface area (Å²) in [4.78, 5) is 19.8. The fourth-order valence-electron chi connectivity index (χ4n) is 2.95. The average Bonchev–Trinajstić information content (AvgIpc) is 2.62. The van der Waals surface area contributed by atoms with Crippen molar-refractivity contribution < 1.29 is 14.4 Å². The quantitative estimate of drug-likeness (QED) is 0.777. The number of aromatic nitrogens is 1. The fourth-order valence-corrected chi connectivity index (χ4v) is 4.06. The van der Waals surface area contributed by atoms with Crippen molar-refractivity contribution in [1.29, 1.82) is 0 Å². The van der Waals surface area contributed by atoms with Gasteiger partial charge in [-0.05, 0) is 17.0 Å². The zero-order chi connectivity index (χ0) is 16.2. The second kappa shape index (κ2) is 4.70. The molecule has 1 aromatic heterocycles. The van der Waals surface area contributed by atoms with Crippen molar-refractivity contribution >= 4 is 18.6 Å². The lowest BCUT2D eigenvalue weighted by Gasteiger charge is -2.29. The molecule has 0 spiro atoms. The van der Waals surface area contributed by atoms with E-state index in [0.717, 1.165) is 10.9 Å². The molecule has 0 aliphatic carbocycles. The molecule has 0 aliphatic heterocycles. The number of rotatable bonds is 1. The van der Waals surface area contributed by atoms with Gasteiger partial charge in [-0.3, -0.25) is 4.34 Å². The Bertz CT molecular complexity index is 726. The first-order valence-electron chi connectivity index (χ1n) is 7.06. The van der Waals surface area contributed by atoms with Crippen molar-refractivity contribution in [3.63, 3.8) is 0 Å². The molecule has 0 fully saturated rings. The minimum absolute atomic E-state index is 0.206. The molecule has 21 heavy (non-hydrogen) atoms. The minimum atomic E-state index is -4.43. The van der Waals surface area contributed by atoms with Gasteiger partial charge in [0.25, 0.3) is 0 Å². The van der Waals surface area contributed by atoms with Gasteiger partial charge in [-0.25, -0.2) is 4.57 Å². The van der Waals surface area contributed by atoms with Gasteiger partial charge in [-0.15, -0.1) is 0 Å². The molecular weight excluding hydrogens is 285 g/mol. The maximum atomic E-state index is 12.1. The monoisotopic (exact) mass is 309 g/mol. The zero-order valence-electron chi connectivity index (χ0n) is 13.5. The van der Waals surface area contributed by atoms with Crippen molar-refractivity contribution in [3.8, 4) is 0 Å². The standard InChI is InChI=1S/C16H24NO3P/c1-15(2,3)13-11-9-7-8-10-12(11)17(21(18,19)20)14(13)16(4,5)6/h7-10H,1-6H3,(H2,18,19,20). The summed E-state index contributed by atoms with van der Waals surface area (Å²) in [5, 5.41) is 0.915. The third kappa shape index (κ3) is 2.80. The van der Waals surface area contributed by atoms with Gasteiger partial charge < -0.3 is 9.79 Å². The molecule has 4 nitrogen and oxygen atoms in total. The fraction of sp³-hybridized carbons (Fsp3) is 0.500. The molecule has 1 heterocycles. The molecule has 2 aromatic rings. The first-order valence-corrected chi connectivity index (χ1v) is 8.62. The highest BCUT2D eigenvalue weighted by Gasteiger charge is 2.36. The molecule has 2 N–H and O–H groups in total. The number of para-hydroxylation sites is 1. The van der Waals surface area contributed by atoms with E-state index in [9.17, 15) is 14.4 Å². The topological polar surface area (TPSA) is 62.5 Å². The second-order valence-electron chi connectivity index (χ2n) is 7.57. The van der Waals surface area contributed by atoms with Gasteiger partial charge >= 0.3 is 7.75 Å². The van der Waals surface area contributed by atoms with E-state index in [0.29, 0.717) is 11.2 Å². The largest absolute Gasteiger partial charge is 0.434 e. The van der Waals surface area contributed by atoms with Gasteiger partial charge in [0, 0.05) is 16.5 Å². The molecule has 1 aromatic carbocycles. The summed E-state index contributed by atoms with van der Waals surface area (Å²) in [5.41, 5.74) is 1.74. The van der Waals surface area contributed by atoms with Crippen LogP contribution < -0.4 is 0 Å². The Hall–Kier alpha value is -1.09. The van der Waals surface area contributed by atoms with E-state index in [2.05, 4.69) is 20.8 Å². The number of fused-ring (bicyclic) bond motifs is 1. The lowest BCUT2D eigenvalue weighted by Crippen LogP contribution is -2.24. The highest BCUT2D eigenvalue weighted by Crippen LogP contribution is 2.50. The van der Waals surface area contributed by atoms with Crippen LogP contribution in [-0.2, 0) is 15.4 Å². The van der Waals surface area contributed by atoms with E-state index in [1.807, 2.05) is 39.0 Å². The smallest absolute Gasteiger partial charge is 0.308 e. The molecule has 0 atom stereocenters. The highest BCUT2D eigenvalue weighted by atomic mass is 31.2. The molecule has 0 bridgehead atoms. The van der Waals surface area contributed by atoms with Gasteiger partial charge in [0.15, 0.2) is 0 Å². The van der Waals surface area contributed by atoms with E-state index in [-0.39, 0.29) is 10.8 Å². The molecule has 2 rings (SSSR count). The van der Waals surface area contributed by atoms with Crippen LogP contribution in [0.2, 0.25) is 0 Å². The van der Waals surface area contributed by atoms with Gasteiger partial charge in [-0.2, -0.15) is 0 Å². The van der Waals surface area contributed by atoms with E-state index >= 15 is 0 Å². The molecule has 0 radical (unpaired) electrons. The maximum absolute atomic E-state index is 12.1. The zero-order valence-corrected chi connectivity index (χ0v) is 14.4. The number of hydrogen-bond acceptors (Lipinski definition) is 1. The third-order valence-electron chi connectivity index (χ3n) is 3.57. The number of hydrogen-bond donors (Lipinski definition) is 2. The van der Waals surface area contributed by atoms with Gasteiger partial charge in [0.1, 0.15) is 0 Å². The van der Waals surface area contributed by atoms with E-state index in [1.54, 1.807) is 6.07 Å². The summed E-state index contributed by atoms with van der Waals surface area (Å²) in [6, 6.07) is 7.44. The Labute approximate surface area is 126 Å². The molecule has 0 aliphatic rings. The van der Waals surface area contributed by atoms with Crippen LogP contribution in [0.4, 0.5) is 0 Å². The van der Waals surface area contributed by atoms with Crippen molar-refractivity contribution in [2.45, 2.75) is 52.4 Å². The van der Waals surface area contributed by atoms with Gasteiger partial charge in [0.2, 0.25) is 0 Å². The Morgan fingerprint density at radius 2 is 1.48 bits per heavy atom. The molecule has 0 amide bonds. The lowest BCUT2D eigenvalue weighted by molar-refractivity contribution is 0.357. The second-order valence-corrected chi connectivity index (χ2v) is 8.99. The number of benzene rings is 1. The maximum Gasteiger partial charge on any atom is 0.434 e. The Morgan fingerprint density at radius 3 is 1.90 bits per heavy atom. The van der Waals surface area contributed by atoms with Crippen molar-refractivity contribution in [2.75, 3.05) is 0 Å². The molecule has 0 saturated heterocycles. The van der Waals surface area contributed by atoms with Crippen LogP contribution in [0.1, 0.15) is 52.8 Å². The summed E-state index contributed by atoms with van der Waals surface area (Å²) in [5.74, 6) is 0. The first-order chi connectivity index (χ1) is 9.35. The van der Waals surface area contributed by atoms with Crippen LogP contribution in [-0.4, -0.2) is 14.1 Å². The Balaban J connectivity index is 3.12. The van der Waals surface area contributed by atoms with Crippen molar-refractivity contribution in [1.82, 2.24) is 4.34 Å². The van der Waals surface area contributed by atoms with Gasteiger partial charge in [0.05, 0.1) is 5.52 Å². The van der Waals surface area contributed by atoms with Crippen LogP contribution in [0.3, 0.4) is 0 Å². The summed E-state index contributed by atoms with van der Waals surface area (Å²) in [6.45, 7) is 12.2. The van der Waals surface area contributed by atoms with Crippen LogP contribution in [0.25, 0.3) is 10.9 Å². The number of nitrogens with zero attached hydrogens (tertiary/aromatic N) is 1. The predicted octanol–water partition coefficient (Wildman–Crippen LogP) is 4.18. The van der Waals surface area contributed by atoms with Crippen LogP contribution >= 0.6 is 7.75 Å². The van der Waals surface area contributed by atoms with Crippen LogP contribution in [0, 0.1) is 0 Å². The van der Waals surface area contributed by atoms with E-state index in [1.165, 1.54) is 4.34 Å². The Kier molecular flexibility index (Phi) is 3.65. The molecule has 5 heteroatoms. The van der Waals surface area contributed by atoms with E-state index < -0.39 is 7.75 Å². The summed E-state index contributed by atoms with van der Waals surface area (Å²) in [7, 11) is -4.43. The molecule has 0 saturated carbocycles. The summed E-state index contributed by atoms with van der Waals surface area (Å²) < 4.78 is 13.3. The van der Waals surface area contributed by atoms with E-state index in [4.69, 9.17) is 0 Å². The minimum Gasteiger partial charge on any atom is -0.308 e. The SMILES string of the molecule is CC(C)(C)c1c(C(C)(C)C)n(P(=O)(O)O)c2ccccc12. The van der Waals surface area contributed by atoms with Crippen LogP contribution in [0.5, 0.6) is 0 Å². The predicted molar refractivity (Wildman–Crippen MR) is 86.8 cm³/mol. The normalized spacial score (nSPS) is 13.9. The van der Waals surface area contributed by atoms with Crippen LogP contribution in [0.15, 0.2) is 24.3 Å². The lowest BCUT2D eigenvalue weighted by atomic mass is 9.78. The van der Waals surface area contributed by atoms with Crippen molar-refractivity contribution in [3.05, 3.63) is 35.5 Å². The first kappa shape index (κ1) is 16.3. The summed E-state index contributed by atoms with van der Waals surface area (Å²) in [6.07, 6.45) is 0. The van der Waals surface area contributed by atoms with Gasteiger partial charge in [-0.1, -0.05) is 59.7 Å². The molecular formula is C16H24NO3P. The Morgan fingerprint density at radius 1 is 0.952 bits per heavy atom. The summed E-state index contributed by atoms with van der Waals surface area (Å²) >= 11 is 0. The van der Waals surface area contributed by atoms with Crippen molar-refractivity contribution in [2.24, 2.45) is 0 Å². The molecule has 116 valence electrons. The average molecular weight is 309 g/mol. The third-order valence-corrected chi connectivity index (χ3v) is 4.51. The highest BCUT2D eigenvalue weighted by molar-refractivity contribution is 7.50.